The summed E-state index contributed by atoms with van der Waals surface area (Å²) in [5.41, 5.74) is 2.03. The molecule has 0 bridgehead atoms. The van der Waals surface area contributed by atoms with Crippen LogP contribution in [-0.2, 0) is 13.1 Å². The first-order chi connectivity index (χ1) is 13.7. The van der Waals surface area contributed by atoms with Crippen LogP contribution in [0.1, 0.15) is 31.4 Å². The lowest BCUT2D eigenvalue weighted by molar-refractivity contribution is 0.143. The largest absolute Gasteiger partial charge is 0.497 e. The number of carbonyl (C=O) groups excluding carboxylic acids is 1. The highest BCUT2D eigenvalue weighted by Crippen LogP contribution is 2.22. The predicted molar refractivity (Wildman–Crippen MR) is 108 cm³/mol. The summed E-state index contributed by atoms with van der Waals surface area (Å²) in [5.74, 6) is 0.830. The second-order valence-electron chi connectivity index (χ2n) is 7.34. The van der Waals surface area contributed by atoms with Gasteiger partial charge in [0.05, 0.1) is 20.0 Å². The summed E-state index contributed by atoms with van der Waals surface area (Å²) < 4.78 is 7.35. The van der Waals surface area contributed by atoms with Crippen LogP contribution >= 0.6 is 0 Å². The Kier molecular flexibility index (Phi) is 5.50. The van der Waals surface area contributed by atoms with E-state index < -0.39 is 0 Å². The van der Waals surface area contributed by atoms with E-state index in [9.17, 15) is 4.79 Å². The van der Waals surface area contributed by atoms with Crippen molar-refractivity contribution in [2.24, 2.45) is 0 Å². The zero-order valence-electron chi connectivity index (χ0n) is 16.2. The number of carbonyl (C=O) groups is 1. The molecule has 0 radical (unpaired) electrons. The number of imidazole rings is 1. The molecular weight excluding hydrogens is 354 g/mol. The van der Waals surface area contributed by atoms with E-state index in [2.05, 4.69) is 25.9 Å². The van der Waals surface area contributed by atoms with Crippen molar-refractivity contribution < 1.29 is 9.53 Å². The monoisotopic (exact) mass is 381 g/mol. The van der Waals surface area contributed by atoms with Crippen LogP contribution in [0.2, 0.25) is 0 Å². The number of aryl methyl sites for hydroxylation is 1. The van der Waals surface area contributed by atoms with Gasteiger partial charge in [0, 0.05) is 48.1 Å². The number of ether oxygens (including phenoxy) is 1. The first-order valence-corrected chi connectivity index (χ1v) is 9.89. The van der Waals surface area contributed by atoms with Gasteiger partial charge in [0.1, 0.15) is 5.75 Å². The van der Waals surface area contributed by atoms with Crippen LogP contribution in [0.4, 0.5) is 4.79 Å². The highest BCUT2D eigenvalue weighted by Gasteiger charge is 2.26. The van der Waals surface area contributed by atoms with Crippen LogP contribution in [0, 0.1) is 0 Å². The van der Waals surface area contributed by atoms with E-state index in [-0.39, 0.29) is 12.1 Å². The fourth-order valence-electron chi connectivity index (χ4n) is 3.95. The standard InChI is InChI=1S/C21H27N5O2/c1-28-19-5-6-20-16(13-19)12-17(24-20)14-23-21(27)26-9-3-2-4-18(26)7-10-25-11-8-22-15-25/h5-6,8,11-13,15,18,24H,2-4,7,9-10,14H2,1H3,(H,23,27)/t18-/m1/s1. The van der Waals surface area contributed by atoms with Crippen molar-refractivity contribution in [2.75, 3.05) is 13.7 Å². The number of fused-ring (bicyclic) bond motifs is 1. The highest BCUT2D eigenvalue weighted by molar-refractivity contribution is 5.82. The lowest BCUT2D eigenvalue weighted by atomic mass is 10.00. The lowest BCUT2D eigenvalue weighted by Gasteiger charge is -2.35. The Bertz CT molecular complexity index is 918. The number of piperidine rings is 1. The van der Waals surface area contributed by atoms with Gasteiger partial charge in [-0.25, -0.2) is 9.78 Å². The molecule has 3 aromatic rings. The first kappa shape index (κ1) is 18.4. The van der Waals surface area contributed by atoms with E-state index >= 15 is 0 Å². The quantitative estimate of drug-likeness (QED) is 0.686. The molecule has 1 atom stereocenters. The summed E-state index contributed by atoms with van der Waals surface area (Å²) in [6.07, 6.45) is 9.87. The number of likely N-dealkylation sites (tertiary alicyclic amines) is 1. The number of benzene rings is 1. The molecule has 28 heavy (non-hydrogen) atoms. The number of urea groups is 1. The summed E-state index contributed by atoms with van der Waals surface area (Å²) in [6, 6.07) is 8.28. The van der Waals surface area contributed by atoms with E-state index in [1.54, 1.807) is 13.3 Å². The van der Waals surface area contributed by atoms with Gasteiger partial charge in [-0.3, -0.25) is 0 Å². The maximum atomic E-state index is 12.8. The molecule has 0 aliphatic carbocycles. The third-order valence-corrected chi connectivity index (χ3v) is 5.48. The minimum Gasteiger partial charge on any atom is -0.497 e. The average Bonchev–Trinajstić information content (AvgIpc) is 3.39. The molecule has 0 saturated carbocycles. The molecule has 1 aromatic carbocycles. The van der Waals surface area contributed by atoms with Gasteiger partial charge >= 0.3 is 6.03 Å². The molecule has 0 spiro atoms. The van der Waals surface area contributed by atoms with E-state index in [0.717, 1.165) is 54.7 Å². The number of rotatable bonds is 6. The summed E-state index contributed by atoms with van der Waals surface area (Å²) in [4.78, 5) is 22.3. The van der Waals surface area contributed by atoms with E-state index in [4.69, 9.17) is 4.74 Å². The van der Waals surface area contributed by atoms with Gasteiger partial charge in [-0.15, -0.1) is 0 Å². The number of methoxy groups -OCH3 is 1. The van der Waals surface area contributed by atoms with Gasteiger partial charge < -0.3 is 24.5 Å². The van der Waals surface area contributed by atoms with Crippen molar-refractivity contribution in [3.05, 3.63) is 48.7 Å². The van der Waals surface area contributed by atoms with Crippen molar-refractivity contribution in [3.63, 3.8) is 0 Å². The third-order valence-electron chi connectivity index (χ3n) is 5.48. The van der Waals surface area contributed by atoms with Gasteiger partial charge in [-0.2, -0.15) is 0 Å². The molecule has 0 unspecified atom stereocenters. The number of amides is 2. The Morgan fingerprint density at radius 1 is 1.36 bits per heavy atom. The topological polar surface area (TPSA) is 75.2 Å². The molecule has 7 nitrogen and oxygen atoms in total. The van der Waals surface area contributed by atoms with Crippen LogP contribution in [0.25, 0.3) is 10.9 Å². The lowest BCUT2D eigenvalue weighted by Crippen LogP contribution is -2.48. The number of aromatic nitrogens is 3. The zero-order chi connectivity index (χ0) is 19.3. The first-order valence-electron chi connectivity index (χ1n) is 9.89. The highest BCUT2D eigenvalue weighted by atomic mass is 16.5. The van der Waals surface area contributed by atoms with Crippen LogP contribution in [0.3, 0.4) is 0 Å². The summed E-state index contributed by atoms with van der Waals surface area (Å²) in [6.45, 7) is 2.20. The number of nitrogens with one attached hydrogen (secondary N) is 2. The molecule has 1 aliphatic heterocycles. The molecule has 2 N–H and O–H groups in total. The SMILES string of the molecule is COc1ccc2[nH]c(CNC(=O)N3CCCC[C@@H]3CCn3ccnc3)cc2c1. The van der Waals surface area contributed by atoms with E-state index in [0.29, 0.717) is 6.54 Å². The van der Waals surface area contributed by atoms with Crippen molar-refractivity contribution >= 4 is 16.9 Å². The van der Waals surface area contributed by atoms with Crippen LogP contribution in [0.5, 0.6) is 5.75 Å². The van der Waals surface area contributed by atoms with Gasteiger partial charge in [0.25, 0.3) is 0 Å². The van der Waals surface area contributed by atoms with Crippen molar-refractivity contribution in [3.8, 4) is 5.75 Å². The van der Waals surface area contributed by atoms with Gasteiger partial charge in [-0.1, -0.05) is 0 Å². The number of hydrogen-bond donors (Lipinski definition) is 2. The molecule has 4 rings (SSSR count). The molecule has 3 heterocycles. The Morgan fingerprint density at radius 2 is 2.29 bits per heavy atom. The molecule has 1 fully saturated rings. The second kappa shape index (κ2) is 8.37. The minimum atomic E-state index is 0.0200. The molecule has 2 aromatic heterocycles. The fraction of sp³-hybridized carbons (Fsp3) is 0.429. The Labute approximate surface area is 164 Å². The Morgan fingerprint density at radius 3 is 3.11 bits per heavy atom. The molecule has 1 aliphatic rings. The van der Waals surface area contributed by atoms with Crippen LogP contribution in [-0.4, -0.2) is 45.2 Å². The maximum Gasteiger partial charge on any atom is 0.317 e. The molecule has 1 saturated heterocycles. The molecule has 2 amide bonds. The summed E-state index contributed by atoms with van der Waals surface area (Å²) in [5, 5.41) is 4.17. The van der Waals surface area contributed by atoms with Crippen LogP contribution in [0.15, 0.2) is 43.0 Å². The van der Waals surface area contributed by atoms with Gasteiger partial charge in [0.2, 0.25) is 0 Å². The summed E-state index contributed by atoms with van der Waals surface area (Å²) >= 11 is 0. The van der Waals surface area contributed by atoms with Crippen molar-refractivity contribution in [1.82, 2.24) is 24.8 Å². The predicted octanol–water partition coefficient (Wildman–Crippen LogP) is 3.53. The molecular formula is C21H27N5O2. The normalized spacial score (nSPS) is 17.0. The summed E-state index contributed by atoms with van der Waals surface area (Å²) in [7, 11) is 1.66. The third kappa shape index (κ3) is 4.13. The zero-order valence-corrected chi connectivity index (χ0v) is 16.2. The van der Waals surface area contributed by atoms with E-state index in [1.807, 2.05) is 35.6 Å². The minimum absolute atomic E-state index is 0.0200. The van der Waals surface area contributed by atoms with Crippen LogP contribution < -0.4 is 10.1 Å². The maximum absolute atomic E-state index is 12.8. The van der Waals surface area contributed by atoms with E-state index in [1.165, 1.54) is 6.42 Å². The number of hydrogen-bond acceptors (Lipinski definition) is 3. The number of nitrogens with zero attached hydrogens (tertiary/aromatic N) is 3. The Hall–Kier alpha value is -2.96. The number of H-pyrrole nitrogens is 1. The Balaban J connectivity index is 1.36. The van der Waals surface area contributed by atoms with Gasteiger partial charge in [0.15, 0.2) is 0 Å². The van der Waals surface area contributed by atoms with Gasteiger partial charge in [-0.05, 0) is 49.9 Å². The van der Waals surface area contributed by atoms with Crippen molar-refractivity contribution in [2.45, 2.75) is 44.8 Å². The smallest absolute Gasteiger partial charge is 0.317 e. The molecule has 7 heteroatoms. The number of aromatic amines is 1. The molecule has 148 valence electrons. The second-order valence-corrected chi connectivity index (χ2v) is 7.34. The average molecular weight is 381 g/mol. The van der Waals surface area contributed by atoms with Crippen molar-refractivity contribution in [1.29, 1.82) is 0 Å². The fourth-order valence-corrected chi connectivity index (χ4v) is 3.95.